The molecule has 2 aromatic carbocycles. The topological polar surface area (TPSA) is 38.1 Å². The van der Waals surface area contributed by atoms with Gasteiger partial charge >= 0.3 is 0 Å². The minimum absolute atomic E-state index is 0.0904. The lowest BCUT2D eigenvalue weighted by Crippen LogP contribution is -2.23. The Balaban J connectivity index is 1.64. The van der Waals surface area contributed by atoms with Crippen LogP contribution < -0.4 is 0 Å². The van der Waals surface area contributed by atoms with Gasteiger partial charge < -0.3 is 4.90 Å². The SMILES string of the molecule is CN(Cc1cnn(-c2ccccc2)c1)C(=O)/C=C/c1ccccc1Cl. The lowest BCUT2D eigenvalue weighted by molar-refractivity contribution is -0.125. The number of likely N-dealkylation sites (N-methyl/N-ethyl adjacent to an activating group) is 1. The summed E-state index contributed by atoms with van der Waals surface area (Å²) in [7, 11) is 1.76. The molecule has 0 saturated carbocycles. The van der Waals surface area contributed by atoms with Gasteiger partial charge in [-0.05, 0) is 29.8 Å². The second-order valence-corrected chi connectivity index (χ2v) is 6.09. The molecule has 0 unspecified atom stereocenters. The molecule has 1 amide bonds. The molecule has 1 aromatic heterocycles. The Labute approximate surface area is 152 Å². The van der Waals surface area contributed by atoms with E-state index in [0.29, 0.717) is 11.6 Å². The Morgan fingerprint density at radius 1 is 1.16 bits per heavy atom. The first-order valence-electron chi connectivity index (χ1n) is 7.90. The summed E-state index contributed by atoms with van der Waals surface area (Å²) in [6.45, 7) is 0.485. The summed E-state index contributed by atoms with van der Waals surface area (Å²) < 4.78 is 1.80. The highest BCUT2D eigenvalue weighted by Crippen LogP contribution is 2.16. The summed E-state index contributed by atoms with van der Waals surface area (Å²) in [5.74, 6) is -0.0904. The van der Waals surface area contributed by atoms with Gasteiger partial charge in [0.05, 0.1) is 11.9 Å². The Morgan fingerprint density at radius 2 is 1.88 bits per heavy atom. The molecule has 0 spiro atoms. The van der Waals surface area contributed by atoms with Gasteiger partial charge in [0, 0.05) is 36.5 Å². The van der Waals surface area contributed by atoms with E-state index in [9.17, 15) is 4.79 Å². The smallest absolute Gasteiger partial charge is 0.246 e. The monoisotopic (exact) mass is 351 g/mol. The molecular weight excluding hydrogens is 334 g/mol. The van der Waals surface area contributed by atoms with Crippen LogP contribution in [0.25, 0.3) is 11.8 Å². The highest BCUT2D eigenvalue weighted by Gasteiger charge is 2.08. The van der Waals surface area contributed by atoms with E-state index >= 15 is 0 Å². The van der Waals surface area contributed by atoms with E-state index in [1.165, 1.54) is 6.08 Å². The standard InChI is InChI=1S/C20H18ClN3O/c1-23(20(25)12-11-17-7-5-6-10-19(17)21)14-16-13-22-24(15-16)18-8-3-2-4-9-18/h2-13,15H,14H2,1H3/b12-11+. The molecule has 0 aliphatic rings. The van der Waals surface area contributed by atoms with Crippen LogP contribution in [0, 0.1) is 0 Å². The number of carbonyl (C=O) groups is 1. The van der Waals surface area contributed by atoms with Crippen molar-refractivity contribution in [2.75, 3.05) is 7.05 Å². The number of rotatable bonds is 5. The van der Waals surface area contributed by atoms with Crippen LogP contribution >= 0.6 is 11.6 Å². The molecule has 0 fully saturated rings. The molecule has 0 N–H and O–H groups in total. The van der Waals surface area contributed by atoms with Crippen LogP contribution in [-0.2, 0) is 11.3 Å². The van der Waals surface area contributed by atoms with Crippen LogP contribution in [-0.4, -0.2) is 27.6 Å². The number of halogens is 1. The van der Waals surface area contributed by atoms with Crippen molar-refractivity contribution in [1.29, 1.82) is 0 Å². The fraction of sp³-hybridized carbons (Fsp3) is 0.100. The summed E-state index contributed by atoms with van der Waals surface area (Å²) in [4.78, 5) is 13.9. The van der Waals surface area contributed by atoms with Crippen LogP contribution in [0.1, 0.15) is 11.1 Å². The number of carbonyl (C=O) groups excluding carboxylic acids is 1. The van der Waals surface area contributed by atoms with Crippen molar-refractivity contribution in [3.8, 4) is 5.69 Å². The molecule has 0 aliphatic heterocycles. The quantitative estimate of drug-likeness (QED) is 0.646. The molecule has 1 heterocycles. The van der Waals surface area contributed by atoms with Crippen LogP contribution in [0.2, 0.25) is 5.02 Å². The summed E-state index contributed by atoms with van der Waals surface area (Å²) in [5, 5.41) is 4.97. The van der Waals surface area contributed by atoms with Crippen molar-refractivity contribution < 1.29 is 4.79 Å². The number of nitrogens with zero attached hydrogens (tertiary/aromatic N) is 3. The molecular formula is C20H18ClN3O. The summed E-state index contributed by atoms with van der Waals surface area (Å²) in [5.41, 5.74) is 2.77. The van der Waals surface area contributed by atoms with E-state index < -0.39 is 0 Å². The molecule has 0 atom stereocenters. The highest BCUT2D eigenvalue weighted by atomic mass is 35.5. The average Bonchev–Trinajstić information content (AvgIpc) is 3.10. The number of hydrogen-bond acceptors (Lipinski definition) is 2. The first-order valence-corrected chi connectivity index (χ1v) is 8.28. The van der Waals surface area contributed by atoms with E-state index in [-0.39, 0.29) is 5.91 Å². The van der Waals surface area contributed by atoms with Crippen molar-refractivity contribution in [2.24, 2.45) is 0 Å². The predicted octanol–water partition coefficient (Wildman–Crippen LogP) is 4.20. The van der Waals surface area contributed by atoms with E-state index in [1.54, 1.807) is 35.0 Å². The number of aromatic nitrogens is 2. The number of para-hydroxylation sites is 1. The maximum atomic E-state index is 12.3. The van der Waals surface area contributed by atoms with Crippen LogP contribution in [0.4, 0.5) is 0 Å². The molecule has 0 radical (unpaired) electrons. The zero-order chi connectivity index (χ0) is 17.6. The highest BCUT2D eigenvalue weighted by molar-refractivity contribution is 6.32. The molecule has 25 heavy (non-hydrogen) atoms. The van der Waals surface area contributed by atoms with Crippen molar-refractivity contribution in [3.63, 3.8) is 0 Å². The van der Waals surface area contributed by atoms with Gasteiger partial charge in [-0.2, -0.15) is 5.10 Å². The molecule has 3 rings (SSSR count). The Hall–Kier alpha value is -2.85. The maximum Gasteiger partial charge on any atom is 0.246 e. The largest absolute Gasteiger partial charge is 0.338 e. The van der Waals surface area contributed by atoms with Crippen molar-refractivity contribution in [2.45, 2.75) is 6.54 Å². The Bertz CT molecular complexity index is 887. The van der Waals surface area contributed by atoms with Crippen molar-refractivity contribution in [3.05, 3.63) is 89.2 Å². The van der Waals surface area contributed by atoms with Crippen LogP contribution in [0.15, 0.2) is 73.1 Å². The Morgan fingerprint density at radius 3 is 2.64 bits per heavy atom. The van der Waals surface area contributed by atoms with E-state index in [2.05, 4.69) is 5.10 Å². The summed E-state index contributed by atoms with van der Waals surface area (Å²) in [6, 6.07) is 17.3. The first kappa shape index (κ1) is 17.0. The van der Waals surface area contributed by atoms with Gasteiger partial charge in [0.15, 0.2) is 0 Å². The van der Waals surface area contributed by atoms with Crippen molar-refractivity contribution >= 4 is 23.6 Å². The number of hydrogen-bond donors (Lipinski definition) is 0. The van der Waals surface area contributed by atoms with E-state index in [4.69, 9.17) is 11.6 Å². The van der Waals surface area contributed by atoms with Gasteiger partial charge in [0.2, 0.25) is 5.91 Å². The summed E-state index contributed by atoms with van der Waals surface area (Å²) >= 11 is 6.09. The lowest BCUT2D eigenvalue weighted by atomic mass is 10.2. The van der Waals surface area contributed by atoms with E-state index in [1.807, 2.05) is 54.7 Å². The fourth-order valence-corrected chi connectivity index (χ4v) is 2.61. The molecule has 3 aromatic rings. The normalized spacial score (nSPS) is 11.0. The minimum atomic E-state index is -0.0904. The van der Waals surface area contributed by atoms with Gasteiger partial charge in [0.1, 0.15) is 0 Å². The maximum absolute atomic E-state index is 12.3. The van der Waals surface area contributed by atoms with Gasteiger partial charge in [-0.3, -0.25) is 4.79 Å². The predicted molar refractivity (Wildman–Crippen MR) is 101 cm³/mol. The molecule has 0 bridgehead atoms. The molecule has 0 saturated heterocycles. The fourth-order valence-electron chi connectivity index (χ4n) is 2.41. The second-order valence-electron chi connectivity index (χ2n) is 5.68. The third-order valence-electron chi connectivity index (χ3n) is 3.76. The van der Waals surface area contributed by atoms with Gasteiger partial charge in [-0.1, -0.05) is 48.0 Å². The second kappa shape index (κ2) is 7.81. The number of amides is 1. The van der Waals surface area contributed by atoms with Gasteiger partial charge in [-0.25, -0.2) is 4.68 Å². The zero-order valence-electron chi connectivity index (χ0n) is 13.8. The minimum Gasteiger partial charge on any atom is -0.338 e. The van der Waals surface area contributed by atoms with Crippen LogP contribution in [0.5, 0.6) is 0 Å². The molecule has 4 nitrogen and oxygen atoms in total. The average molecular weight is 352 g/mol. The van der Waals surface area contributed by atoms with Gasteiger partial charge in [-0.15, -0.1) is 0 Å². The molecule has 126 valence electrons. The third kappa shape index (κ3) is 4.37. The van der Waals surface area contributed by atoms with Crippen LogP contribution in [0.3, 0.4) is 0 Å². The summed E-state index contributed by atoms with van der Waals surface area (Å²) in [6.07, 6.45) is 6.96. The molecule has 0 aliphatic carbocycles. The first-order chi connectivity index (χ1) is 12.1. The Kier molecular flexibility index (Phi) is 5.31. The zero-order valence-corrected chi connectivity index (χ0v) is 14.6. The lowest BCUT2D eigenvalue weighted by Gasteiger charge is -2.13. The van der Waals surface area contributed by atoms with Crippen molar-refractivity contribution in [1.82, 2.24) is 14.7 Å². The molecule has 5 heteroatoms. The van der Waals surface area contributed by atoms with Gasteiger partial charge in [0.25, 0.3) is 0 Å². The van der Waals surface area contributed by atoms with E-state index in [0.717, 1.165) is 16.8 Å². The number of benzene rings is 2. The third-order valence-corrected chi connectivity index (χ3v) is 4.11.